The molecule has 2 heterocycles. The monoisotopic (exact) mass is 427 g/mol. The van der Waals surface area contributed by atoms with Crippen LogP contribution in [0.25, 0.3) is 6.08 Å². The topological polar surface area (TPSA) is 92.4 Å². The molecule has 3 aromatic rings. The summed E-state index contributed by atoms with van der Waals surface area (Å²) >= 11 is 1.48. The fraction of sp³-hybridized carbons (Fsp3) is 0.261. The third-order valence-corrected chi connectivity index (χ3v) is 5.51. The second kappa shape index (κ2) is 10.0. The first-order valence-corrected chi connectivity index (χ1v) is 10.3. The molecule has 0 amide bonds. The molecule has 2 N–H and O–H groups in total. The minimum atomic E-state index is -2.02. The van der Waals surface area contributed by atoms with E-state index >= 15 is 0 Å². The molecule has 30 heavy (non-hydrogen) atoms. The lowest BCUT2D eigenvalue weighted by Crippen LogP contribution is -2.09. The van der Waals surface area contributed by atoms with Crippen molar-refractivity contribution in [2.45, 2.75) is 39.1 Å². The van der Waals surface area contributed by atoms with Crippen LogP contribution in [0.5, 0.6) is 0 Å². The number of aromatic nitrogens is 2. The summed E-state index contributed by atoms with van der Waals surface area (Å²) in [5, 5.41) is 20.7. The summed E-state index contributed by atoms with van der Waals surface area (Å²) in [4.78, 5) is 28.4. The van der Waals surface area contributed by atoms with Crippen LogP contribution in [0.3, 0.4) is 0 Å². The van der Waals surface area contributed by atoms with Crippen molar-refractivity contribution in [3.8, 4) is 0 Å². The normalized spacial score (nSPS) is 13.5. The number of carboxylic acid groups (broad SMARTS) is 2. The van der Waals surface area contributed by atoms with E-state index in [1.54, 1.807) is 24.4 Å². The number of hydrogen-bond acceptors (Lipinski definition) is 4. The molecule has 0 aliphatic carbocycles. The maximum atomic E-state index is 11.9. The van der Waals surface area contributed by atoms with Gasteiger partial charge in [0.25, 0.3) is 0 Å². The Morgan fingerprint density at radius 2 is 2.03 bits per heavy atom. The fourth-order valence-electron chi connectivity index (χ4n) is 3.08. The molecule has 1 aromatic carbocycles. The van der Waals surface area contributed by atoms with Gasteiger partial charge < -0.3 is 14.8 Å². The fourth-order valence-corrected chi connectivity index (χ4v) is 3.80. The standard InChI is InChI=1S/C23H24N2O4S/c1-2-3-6-21-24-14-19(12-18(23(28)29)13-20-5-4-11-30-20)25(21)15-16-7-9-17(10-8-16)22(26)27/h4-5,7-12,14H,2-3,6,13,15H2,1H3,(H,26,27)(H,28,29)/i1D3. The number of thiophene rings is 1. The van der Waals surface area contributed by atoms with Crippen LogP contribution in [0.2, 0.25) is 0 Å². The Balaban J connectivity index is 1.92. The van der Waals surface area contributed by atoms with Crippen molar-refractivity contribution in [1.29, 1.82) is 0 Å². The van der Waals surface area contributed by atoms with Gasteiger partial charge in [0.2, 0.25) is 0 Å². The van der Waals surface area contributed by atoms with Crippen LogP contribution in [0, 0.1) is 0 Å². The van der Waals surface area contributed by atoms with Crippen LogP contribution in [0.15, 0.2) is 53.5 Å². The van der Waals surface area contributed by atoms with Crippen molar-refractivity contribution in [1.82, 2.24) is 9.55 Å². The van der Waals surface area contributed by atoms with Crippen molar-refractivity contribution in [2.75, 3.05) is 0 Å². The Bertz CT molecular complexity index is 1130. The van der Waals surface area contributed by atoms with Gasteiger partial charge in [0, 0.05) is 33.9 Å². The molecule has 0 spiro atoms. The lowest BCUT2D eigenvalue weighted by Gasteiger charge is -2.12. The highest BCUT2D eigenvalue weighted by atomic mass is 32.1. The van der Waals surface area contributed by atoms with Gasteiger partial charge in [-0.25, -0.2) is 14.6 Å². The van der Waals surface area contributed by atoms with Crippen molar-refractivity contribution < 1.29 is 23.9 Å². The maximum Gasteiger partial charge on any atom is 0.335 e. The number of nitrogens with zero attached hydrogens (tertiary/aromatic N) is 2. The highest BCUT2D eigenvalue weighted by Crippen LogP contribution is 2.20. The zero-order valence-corrected chi connectivity index (χ0v) is 17.1. The van der Waals surface area contributed by atoms with Crippen LogP contribution in [0.1, 0.15) is 56.1 Å². The zero-order chi connectivity index (χ0) is 24.0. The predicted molar refractivity (Wildman–Crippen MR) is 117 cm³/mol. The molecule has 3 rings (SSSR count). The minimum absolute atomic E-state index is 0.0527. The van der Waals surface area contributed by atoms with E-state index in [0.29, 0.717) is 30.9 Å². The van der Waals surface area contributed by atoms with Crippen LogP contribution in [0.4, 0.5) is 0 Å². The third-order valence-electron chi connectivity index (χ3n) is 4.63. The third kappa shape index (κ3) is 5.45. The number of imidazole rings is 1. The Kier molecular flexibility index (Phi) is 5.90. The second-order valence-electron chi connectivity index (χ2n) is 6.77. The number of aryl methyl sites for hydroxylation is 1. The quantitative estimate of drug-likeness (QED) is 0.456. The molecule has 0 radical (unpaired) electrons. The van der Waals surface area contributed by atoms with Crippen molar-refractivity contribution in [3.63, 3.8) is 0 Å². The number of carboxylic acids is 2. The summed E-state index contributed by atoms with van der Waals surface area (Å²) < 4.78 is 24.1. The van der Waals surface area contributed by atoms with Crippen molar-refractivity contribution >= 4 is 29.4 Å². The van der Waals surface area contributed by atoms with E-state index in [1.165, 1.54) is 23.5 Å². The number of hydrogen-bond donors (Lipinski definition) is 2. The molecule has 0 atom stereocenters. The van der Waals surface area contributed by atoms with Gasteiger partial charge in [-0.1, -0.05) is 31.5 Å². The summed E-state index contributed by atoms with van der Waals surface area (Å²) in [7, 11) is 0. The number of aromatic carboxylic acids is 1. The predicted octanol–water partition coefficient (Wildman–Crippen LogP) is 4.74. The Hall–Kier alpha value is -3.19. The van der Waals surface area contributed by atoms with Gasteiger partial charge in [-0.05, 0) is 41.6 Å². The van der Waals surface area contributed by atoms with E-state index in [0.717, 1.165) is 10.4 Å². The summed E-state index contributed by atoms with van der Waals surface area (Å²) in [6, 6.07) is 10.2. The Morgan fingerprint density at radius 1 is 1.23 bits per heavy atom. The van der Waals surface area contributed by atoms with E-state index < -0.39 is 18.8 Å². The largest absolute Gasteiger partial charge is 0.478 e. The molecule has 0 unspecified atom stereocenters. The number of carbonyl (C=O) groups is 2. The highest BCUT2D eigenvalue weighted by Gasteiger charge is 2.14. The average Bonchev–Trinajstić information content (AvgIpc) is 3.38. The first-order valence-electron chi connectivity index (χ1n) is 11.0. The molecule has 6 nitrogen and oxygen atoms in total. The van der Waals surface area contributed by atoms with E-state index in [9.17, 15) is 14.7 Å². The lowest BCUT2D eigenvalue weighted by atomic mass is 10.1. The number of aliphatic carboxylic acids is 1. The highest BCUT2D eigenvalue weighted by molar-refractivity contribution is 7.09. The molecular weight excluding hydrogens is 400 g/mol. The summed E-state index contributed by atoms with van der Waals surface area (Å²) in [5.41, 5.74) is 1.80. The summed E-state index contributed by atoms with van der Waals surface area (Å²) in [6.07, 6.45) is 4.35. The van der Waals surface area contributed by atoms with Crippen LogP contribution in [-0.4, -0.2) is 31.7 Å². The zero-order valence-electron chi connectivity index (χ0n) is 19.2. The molecular formula is C23H24N2O4S. The average molecular weight is 428 g/mol. The lowest BCUT2D eigenvalue weighted by molar-refractivity contribution is -0.132. The van der Waals surface area contributed by atoms with Gasteiger partial charge >= 0.3 is 11.9 Å². The molecule has 0 fully saturated rings. The molecule has 7 heteroatoms. The molecule has 0 aliphatic rings. The molecule has 0 saturated heterocycles. The summed E-state index contributed by atoms with van der Waals surface area (Å²) in [5.74, 6) is -1.39. The van der Waals surface area contributed by atoms with Gasteiger partial charge in [-0.3, -0.25) is 0 Å². The van der Waals surface area contributed by atoms with Gasteiger partial charge in [0.05, 0.1) is 17.5 Å². The van der Waals surface area contributed by atoms with Gasteiger partial charge in [-0.2, -0.15) is 0 Å². The second-order valence-corrected chi connectivity index (χ2v) is 7.80. The van der Waals surface area contributed by atoms with Gasteiger partial charge in [-0.15, -0.1) is 11.3 Å². The van der Waals surface area contributed by atoms with Crippen LogP contribution in [-0.2, 0) is 24.2 Å². The van der Waals surface area contributed by atoms with Crippen molar-refractivity contribution in [2.24, 2.45) is 0 Å². The van der Waals surface area contributed by atoms with E-state index in [-0.39, 0.29) is 24.0 Å². The van der Waals surface area contributed by atoms with E-state index in [4.69, 9.17) is 9.22 Å². The first kappa shape index (κ1) is 17.7. The number of benzene rings is 1. The smallest absolute Gasteiger partial charge is 0.335 e. The minimum Gasteiger partial charge on any atom is -0.478 e. The molecule has 0 saturated carbocycles. The summed E-state index contributed by atoms with van der Waals surface area (Å²) in [6.45, 7) is -1.68. The van der Waals surface area contributed by atoms with Crippen LogP contribution >= 0.6 is 11.3 Å². The first-order chi connectivity index (χ1) is 15.6. The Morgan fingerprint density at radius 3 is 2.67 bits per heavy atom. The SMILES string of the molecule is [2H]C([2H])([2H])CCCc1ncc(C=C(Cc2cccs2)C(=O)O)n1Cc1ccc(C(=O)O)cc1. The van der Waals surface area contributed by atoms with Crippen LogP contribution < -0.4 is 0 Å². The number of rotatable bonds is 10. The Labute approximate surface area is 183 Å². The van der Waals surface area contributed by atoms with Gasteiger partial charge in [0.15, 0.2) is 0 Å². The molecule has 0 bridgehead atoms. The van der Waals surface area contributed by atoms with Crippen molar-refractivity contribution in [3.05, 3.63) is 81.1 Å². The van der Waals surface area contributed by atoms with E-state index in [2.05, 4.69) is 4.98 Å². The molecule has 2 aromatic heterocycles. The molecule has 156 valence electrons. The van der Waals surface area contributed by atoms with E-state index in [1.807, 2.05) is 22.1 Å². The molecule has 0 aliphatic heterocycles. The maximum absolute atomic E-state index is 11.9. The van der Waals surface area contributed by atoms with Gasteiger partial charge in [0.1, 0.15) is 5.82 Å².